The molecule has 1 aromatic carbocycles. The molecule has 1 saturated heterocycles. The van der Waals surface area contributed by atoms with Crippen LogP contribution in [0.3, 0.4) is 0 Å². The molecule has 142 valence electrons. The van der Waals surface area contributed by atoms with Gasteiger partial charge in [0.05, 0.1) is 24.7 Å². The summed E-state index contributed by atoms with van der Waals surface area (Å²) in [5, 5.41) is 6.96. The molecule has 0 spiro atoms. The number of ether oxygens (including phenoxy) is 1. The number of hydrogen-bond donors (Lipinski definition) is 2. The van der Waals surface area contributed by atoms with Crippen molar-refractivity contribution in [1.82, 2.24) is 10.6 Å². The summed E-state index contributed by atoms with van der Waals surface area (Å²) in [6, 6.07) is 5.38. The number of sulfone groups is 1. The number of nitrogens with zero attached hydrogens (tertiary/aromatic N) is 1. The maximum Gasteiger partial charge on any atom is 0.191 e. The lowest BCUT2D eigenvalue weighted by molar-refractivity contribution is 0.336. The first-order valence-corrected chi connectivity index (χ1v) is 10.3. The van der Waals surface area contributed by atoms with E-state index in [-0.39, 0.29) is 41.5 Å². The van der Waals surface area contributed by atoms with Crippen molar-refractivity contribution in [2.45, 2.75) is 32.9 Å². The molecule has 0 aliphatic carbocycles. The van der Waals surface area contributed by atoms with Crippen LogP contribution in [0, 0.1) is 0 Å². The van der Waals surface area contributed by atoms with E-state index in [1.807, 2.05) is 19.9 Å². The zero-order chi connectivity index (χ0) is 17.6. The largest absolute Gasteiger partial charge is 0.493 e. The van der Waals surface area contributed by atoms with Crippen LogP contribution in [0.4, 0.5) is 0 Å². The van der Waals surface area contributed by atoms with Gasteiger partial charge in [0.2, 0.25) is 0 Å². The van der Waals surface area contributed by atoms with Gasteiger partial charge in [0.15, 0.2) is 15.8 Å². The maximum absolute atomic E-state index is 11.6. The van der Waals surface area contributed by atoms with E-state index < -0.39 is 9.84 Å². The molecule has 1 heterocycles. The fourth-order valence-corrected chi connectivity index (χ4v) is 4.37. The molecule has 0 amide bonds. The highest BCUT2D eigenvalue weighted by molar-refractivity contribution is 14.0. The number of hydrogen-bond acceptors (Lipinski definition) is 4. The number of rotatable bonds is 6. The van der Waals surface area contributed by atoms with E-state index in [1.54, 1.807) is 12.1 Å². The molecule has 2 rings (SSSR count). The number of nitrogens with one attached hydrogen (secondary N) is 2. The minimum Gasteiger partial charge on any atom is -0.493 e. The number of halogens is 2. The van der Waals surface area contributed by atoms with E-state index in [0.29, 0.717) is 42.8 Å². The third-order valence-electron chi connectivity index (χ3n) is 3.65. The molecular weight excluding hydrogens is 477 g/mol. The Morgan fingerprint density at radius 2 is 2.16 bits per heavy atom. The van der Waals surface area contributed by atoms with Crippen molar-refractivity contribution in [3.8, 4) is 5.75 Å². The molecule has 1 unspecified atom stereocenters. The highest BCUT2D eigenvalue weighted by Crippen LogP contribution is 2.24. The Labute approximate surface area is 171 Å². The summed E-state index contributed by atoms with van der Waals surface area (Å²) in [6.07, 6.45) is 0.609. The smallest absolute Gasteiger partial charge is 0.191 e. The lowest BCUT2D eigenvalue weighted by Crippen LogP contribution is -2.44. The van der Waals surface area contributed by atoms with Crippen molar-refractivity contribution < 1.29 is 13.2 Å². The third kappa shape index (κ3) is 7.18. The minimum absolute atomic E-state index is 0. The molecule has 0 aromatic heterocycles. The van der Waals surface area contributed by atoms with Crippen LogP contribution in [0.1, 0.15) is 25.8 Å². The van der Waals surface area contributed by atoms with Crippen LogP contribution in [0.2, 0.25) is 5.02 Å². The van der Waals surface area contributed by atoms with Gasteiger partial charge in [-0.3, -0.25) is 0 Å². The van der Waals surface area contributed by atoms with Gasteiger partial charge in [-0.1, -0.05) is 17.7 Å². The normalized spacial score (nSPS) is 19.2. The van der Waals surface area contributed by atoms with Crippen molar-refractivity contribution in [3.05, 3.63) is 28.8 Å². The van der Waals surface area contributed by atoms with Crippen molar-refractivity contribution in [2.24, 2.45) is 4.99 Å². The quantitative estimate of drug-likeness (QED) is 0.356. The Hall–Kier alpha value is -0.740. The van der Waals surface area contributed by atoms with Crippen LogP contribution in [-0.4, -0.2) is 45.1 Å². The van der Waals surface area contributed by atoms with Crippen LogP contribution in [-0.2, 0) is 16.4 Å². The summed E-state index contributed by atoms with van der Waals surface area (Å²) >= 11 is 6.01. The second-order valence-corrected chi connectivity index (χ2v) is 8.29. The number of benzene rings is 1. The molecule has 0 radical (unpaired) electrons. The predicted octanol–water partition coefficient (Wildman–Crippen LogP) is 2.60. The van der Waals surface area contributed by atoms with Gasteiger partial charge >= 0.3 is 0 Å². The average Bonchev–Trinajstić information content (AvgIpc) is 2.85. The zero-order valence-electron chi connectivity index (χ0n) is 14.4. The zero-order valence-corrected chi connectivity index (χ0v) is 18.3. The first-order valence-electron chi connectivity index (χ1n) is 8.10. The Morgan fingerprint density at radius 3 is 2.76 bits per heavy atom. The second kappa shape index (κ2) is 10.4. The molecule has 25 heavy (non-hydrogen) atoms. The fourth-order valence-electron chi connectivity index (χ4n) is 2.54. The monoisotopic (exact) mass is 501 g/mol. The summed E-state index contributed by atoms with van der Waals surface area (Å²) in [7, 11) is -2.92. The van der Waals surface area contributed by atoms with Crippen molar-refractivity contribution in [3.63, 3.8) is 0 Å². The standard InChI is InChI=1S/C16H24ClN3O3S.HI/c1-3-18-16(20-14-7-8-24(21,22)11-14)19-10-12-5-6-13(17)9-15(12)23-4-2;/h5-6,9,14H,3-4,7-8,10-11H2,1-2H3,(H2,18,19,20);1H. The Balaban J connectivity index is 0.00000312. The number of aliphatic imine (C=N–C) groups is 1. The van der Waals surface area contributed by atoms with E-state index in [9.17, 15) is 8.42 Å². The van der Waals surface area contributed by atoms with Gasteiger partial charge in [-0.2, -0.15) is 0 Å². The molecule has 9 heteroatoms. The molecule has 0 bridgehead atoms. The van der Waals surface area contributed by atoms with E-state index in [4.69, 9.17) is 16.3 Å². The van der Waals surface area contributed by atoms with Crippen LogP contribution < -0.4 is 15.4 Å². The van der Waals surface area contributed by atoms with Crippen molar-refractivity contribution >= 4 is 51.4 Å². The molecule has 1 aliphatic heterocycles. The molecule has 0 saturated carbocycles. The summed E-state index contributed by atoms with van der Waals surface area (Å²) in [4.78, 5) is 4.54. The number of guanidine groups is 1. The SMILES string of the molecule is CCNC(=NCc1ccc(Cl)cc1OCC)NC1CCS(=O)(=O)C1.I. The predicted molar refractivity (Wildman–Crippen MR) is 113 cm³/mol. The Bertz CT molecular complexity index is 698. The van der Waals surface area contributed by atoms with Crippen LogP contribution >= 0.6 is 35.6 Å². The molecule has 2 N–H and O–H groups in total. The molecule has 1 atom stereocenters. The average molecular weight is 502 g/mol. The lowest BCUT2D eigenvalue weighted by Gasteiger charge is -2.16. The highest BCUT2D eigenvalue weighted by atomic mass is 127. The summed E-state index contributed by atoms with van der Waals surface area (Å²) < 4.78 is 28.8. The van der Waals surface area contributed by atoms with Crippen LogP contribution in [0.5, 0.6) is 5.75 Å². The molecule has 1 fully saturated rings. The first-order chi connectivity index (χ1) is 11.4. The second-order valence-electron chi connectivity index (χ2n) is 5.62. The van der Waals surface area contributed by atoms with Gasteiger partial charge in [-0.25, -0.2) is 13.4 Å². The molecule has 6 nitrogen and oxygen atoms in total. The topological polar surface area (TPSA) is 79.8 Å². The van der Waals surface area contributed by atoms with Gasteiger partial charge in [0.1, 0.15) is 5.75 Å². The Morgan fingerprint density at radius 1 is 1.40 bits per heavy atom. The minimum atomic E-state index is -2.92. The van der Waals surface area contributed by atoms with Crippen LogP contribution in [0.25, 0.3) is 0 Å². The van der Waals surface area contributed by atoms with Gasteiger partial charge < -0.3 is 15.4 Å². The third-order valence-corrected chi connectivity index (χ3v) is 5.66. The fraction of sp³-hybridized carbons (Fsp3) is 0.562. The molecule has 1 aromatic rings. The van der Waals surface area contributed by atoms with E-state index in [2.05, 4.69) is 15.6 Å². The van der Waals surface area contributed by atoms with E-state index in [0.717, 1.165) is 5.56 Å². The van der Waals surface area contributed by atoms with Gasteiger partial charge in [-0.05, 0) is 32.4 Å². The molecule has 1 aliphatic rings. The van der Waals surface area contributed by atoms with E-state index >= 15 is 0 Å². The maximum atomic E-state index is 11.6. The van der Waals surface area contributed by atoms with Crippen molar-refractivity contribution in [2.75, 3.05) is 24.7 Å². The summed E-state index contributed by atoms with van der Waals surface area (Å²) in [6.45, 7) is 5.55. The van der Waals surface area contributed by atoms with Gasteiger partial charge in [0, 0.05) is 23.2 Å². The molecular formula is C16H25ClIN3O3S. The lowest BCUT2D eigenvalue weighted by atomic mass is 10.2. The van der Waals surface area contributed by atoms with Crippen LogP contribution in [0.15, 0.2) is 23.2 Å². The highest BCUT2D eigenvalue weighted by Gasteiger charge is 2.28. The van der Waals surface area contributed by atoms with Gasteiger partial charge in [-0.15, -0.1) is 24.0 Å². The summed E-state index contributed by atoms with van der Waals surface area (Å²) in [5.74, 6) is 1.71. The first kappa shape index (κ1) is 22.3. The van der Waals surface area contributed by atoms with Crippen molar-refractivity contribution in [1.29, 1.82) is 0 Å². The summed E-state index contributed by atoms with van der Waals surface area (Å²) in [5.41, 5.74) is 0.928. The van der Waals surface area contributed by atoms with Gasteiger partial charge in [0.25, 0.3) is 0 Å². The van der Waals surface area contributed by atoms with E-state index in [1.165, 1.54) is 0 Å². The Kier molecular flexibility index (Phi) is 9.29.